The molecule has 1 aromatic rings. The lowest BCUT2D eigenvalue weighted by molar-refractivity contribution is -0.0638. The predicted molar refractivity (Wildman–Crippen MR) is 65.7 cm³/mol. The smallest absolute Gasteiger partial charge is 0.330 e. The maximum absolute atomic E-state index is 11.7. The van der Waals surface area contributed by atoms with Gasteiger partial charge in [0.2, 0.25) is 0 Å². The van der Waals surface area contributed by atoms with Crippen LogP contribution in [0.1, 0.15) is 18.2 Å². The second kappa shape index (κ2) is 5.78. The zero-order valence-corrected chi connectivity index (χ0v) is 10.6. The first-order valence-corrected chi connectivity index (χ1v) is 5.85. The topological polar surface area (TPSA) is 142 Å². The average Bonchev–Trinajstić information content (AvgIpc) is 2.76. The average molecular weight is 283 g/mol. The molecular weight excluding hydrogens is 270 g/mol. The molecule has 20 heavy (non-hydrogen) atoms. The standard InChI is InChI=1S/C10H13N5O5/c1-5-3-15(10(18)12-9(5)17)8-2-6(16)7(20-8)4-19-14-13-11/h3,6-8,16H,2,4H2,1H3,(H,12,17,18)/t6?,7-,8-/m1/s1. The van der Waals surface area contributed by atoms with Gasteiger partial charge in [-0.25, -0.2) is 4.79 Å². The van der Waals surface area contributed by atoms with Crippen LogP contribution in [0.2, 0.25) is 0 Å². The Morgan fingerprint density at radius 2 is 2.45 bits per heavy atom. The Morgan fingerprint density at radius 3 is 3.15 bits per heavy atom. The molecule has 0 bridgehead atoms. The summed E-state index contributed by atoms with van der Waals surface area (Å²) < 4.78 is 6.67. The quantitative estimate of drug-likeness (QED) is 0.338. The number of aliphatic hydroxyl groups excluding tert-OH is 1. The van der Waals surface area contributed by atoms with Crippen LogP contribution in [-0.4, -0.2) is 33.5 Å². The number of H-pyrrole nitrogens is 1. The third kappa shape index (κ3) is 2.82. The second-order valence-corrected chi connectivity index (χ2v) is 4.38. The van der Waals surface area contributed by atoms with E-state index in [9.17, 15) is 14.7 Å². The van der Waals surface area contributed by atoms with Gasteiger partial charge >= 0.3 is 5.69 Å². The third-order valence-corrected chi connectivity index (χ3v) is 2.99. The van der Waals surface area contributed by atoms with Crippen LogP contribution in [0.15, 0.2) is 21.1 Å². The van der Waals surface area contributed by atoms with Crippen LogP contribution in [0.25, 0.3) is 10.4 Å². The number of azide groups is 1. The lowest BCUT2D eigenvalue weighted by atomic mass is 10.2. The maximum Gasteiger partial charge on any atom is 0.330 e. The Morgan fingerprint density at radius 1 is 1.70 bits per heavy atom. The van der Waals surface area contributed by atoms with E-state index in [1.54, 1.807) is 6.92 Å². The van der Waals surface area contributed by atoms with Gasteiger partial charge in [0.15, 0.2) is 0 Å². The van der Waals surface area contributed by atoms with Crippen LogP contribution in [0, 0.1) is 6.92 Å². The van der Waals surface area contributed by atoms with E-state index >= 15 is 0 Å². The van der Waals surface area contributed by atoms with E-state index in [1.165, 1.54) is 10.8 Å². The van der Waals surface area contributed by atoms with E-state index < -0.39 is 29.7 Å². The van der Waals surface area contributed by atoms with Crippen molar-refractivity contribution in [2.24, 2.45) is 5.28 Å². The number of aryl methyl sites for hydroxylation is 1. The van der Waals surface area contributed by atoms with E-state index in [1.807, 2.05) is 0 Å². The number of hydrogen-bond donors (Lipinski definition) is 2. The van der Waals surface area contributed by atoms with Crippen molar-refractivity contribution in [2.45, 2.75) is 31.8 Å². The van der Waals surface area contributed by atoms with Gasteiger partial charge in [0.1, 0.15) is 24.2 Å². The highest BCUT2D eigenvalue weighted by molar-refractivity contribution is 5.02. The molecule has 2 N–H and O–H groups in total. The summed E-state index contributed by atoms with van der Waals surface area (Å²) in [6.07, 6.45) is -0.768. The Labute approximate surface area is 112 Å². The Kier molecular flexibility index (Phi) is 4.08. The van der Waals surface area contributed by atoms with Gasteiger partial charge < -0.3 is 14.7 Å². The summed E-state index contributed by atoms with van der Waals surface area (Å²) in [5.41, 5.74) is 7.36. The lowest BCUT2D eigenvalue weighted by Crippen LogP contribution is -2.33. The number of aromatic nitrogens is 2. The highest BCUT2D eigenvalue weighted by Crippen LogP contribution is 2.27. The molecule has 1 aromatic heterocycles. The molecule has 0 amide bonds. The van der Waals surface area contributed by atoms with Gasteiger partial charge in [-0.15, -0.1) is 0 Å². The summed E-state index contributed by atoms with van der Waals surface area (Å²) in [4.78, 5) is 32.1. The van der Waals surface area contributed by atoms with Crippen LogP contribution in [-0.2, 0) is 9.57 Å². The number of nitrogens with one attached hydrogen (secondary N) is 1. The van der Waals surface area contributed by atoms with Gasteiger partial charge in [-0.2, -0.15) is 0 Å². The van der Waals surface area contributed by atoms with Crippen molar-refractivity contribution in [2.75, 3.05) is 6.61 Å². The van der Waals surface area contributed by atoms with E-state index in [0.717, 1.165) is 0 Å². The molecule has 0 aromatic carbocycles. The number of ether oxygens (including phenoxy) is 1. The molecule has 10 heteroatoms. The van der Waals surface area contributed by atoms with Crippen molar-refractivity contribution in [1.82, 2.24) is 9.55 Å². The molecule has 3 atom stereocenters. The highest BCUT2D eigenvalue weighted by Gasteiger charge is 2.36. The fourth-order valence-corrected chi connectivity index (χ4v) is 1.97. The number of aromatic amines is 1. The SMILES string of the molecule is Cc1cn([C@H]2CC(O)[C@@H](CON=[N+]=[N-])O2)c(=O)[nH]c1=O. The first kappa shape index (κ1) is 14.1. The van der Waals surface area contributed by atoms with Crippen molar-refractivity contribution >= 4 is 0 Å². The lowest BCUT2D eigenvalue weighted by Gasteiger charge is -2.15. The largest absolute Gasteiger partial charge is 0.431 e. The summed E-state index contributed by atoms with van der Waals surface area (Å²) in [5, 5.41) is 12.7. The Balaban J connectivity index is 2.16. The number of nitrogens with zero attached hydrogens (tertiary/aromatic N) is 4. The molecule has 1 aliphatic rings. The second-order valence-electron chi connectivity index (χ2n) is 4.38. The summed E-state index contributed by atoms with van der Waals surface area (Å²) in [6.45, 7) is 1.43. The van der Waals surface area contributed by atoms with Gasteiger partial charge in [0.25, 0.3) is 5.56 Å². The van der Waals surface area contributed by atoms with Crippen molar-refractivity contribution in [3.63, 3.8) is 0 Å². The molecule has 0 radical (unpaired) electrons. The Hall–Kier alpha value is -2.29. The van der Waals surface area contributed by atoms with Crippen molar-refractivity contribution in [3.05, 3.63) is 43.0 Å². The van der Waals surface area contributed by atoms with Crippen LogP contribution < -0.4 is 11.2 Å². The van der Waals surface area contributed by atoms with Crippen molar-refractivity contribution < 1.29 is 14.7 Å². The number of aliphatic hydroxyl groups is 1. The molecule has 1 unspecified atom stereocenters. The fourth-order valence-electron chi connectivity index (χ4n) is 1.97. The summed E-state index contributed by atoms with van der Waals surface area (Å²) in [7, 11) is 0. The summed E-state index contributed by atoms with van der Waals surface area (Å²) in [6, 6.07) is 0. The van der Waals surface area contributed by atoms with Crippen LogP contribution >= 0.6 is 0 Å². The number of hydrogen-bond acceptors (Lipinski definition) is 6. The third-order valence-electron chi connectivity index (χ3n) is 2.99. The van der Waals surface area contributed by atoms with Gasteiger partial charge in [-0.05, 0) is 12.5 Å². The minimum Gasteiger partial charge on any atom is -0.431 e. The summed E-state index contributed by atoms with van der Waals surface area (Å²) in [5.74, 6) is 0. The first-order chi connectivity index (χ1) is 9.52. The van der Waals surface area contributed by atoms with E-state index in [0.29, 0.717) is 5.56 Å². The molecule has 10 nitrogen and oxygen atoms in total. The molecule has 1 saturated heterocycles. The summed E-state index contributed by atoms with van der Waals surface area (Å²) >= 11 is 0. The molecule has 0 spiro atoms. The highest BCUT2D eigenvalue weighted by atomic mass is 16.7. The minimum atomic E-state index is -0.868. The van der Waals surface area contributed by atoms with E-state index in [2.05, 4.69) is 20.0 Å². The Bertz CT molecular complexity index is 646. The zero-order chi connectivity index (χ0) is 14.7. The van der Waals surface area contributed by atoms with Gasteiger partial charge in [0.05, 0.1) is 6.10 Å². The minimum absolute atomic E-state index is 0.126. The van der Waals surface area contributed by atoms with Crippen LogP contribution in [0.5, 0.6) is 0 Å². The molecular formula is C10H13N5O5. The number of rotatable bonds is 4. The molecule has 2 rings (SSSR count). The normalized spacial score (nSPS) is 25.2. The fraction of sp³-hybridized carbons (Fsp3) is 0.600. The van der Waals surface area contributed by atoms with E-state index in [-0.39, 0.29) is 13.0 Å². The maximum atomic E-state index is 11.7. The van der Waals surface area contributed by atoms with Gasteiger partial charge in [0, 0.05) is 23.1 Å². The van der Waals surface area contributed by atoms with Crippen LogP contribution in [0.4, 0.5) is 0 Å². The predicted octanol–water partition coefficient (Wildman–Crippen LogP) is -0.265. The molecule has 1 fully saturated rings. The van der Waals surface area contributed by atoms with Gasteiger partial charge in [-0.1, -0.05) is 0 Å². The van der Waals surface area contributed by atoms with Crippen molar-refractivity contribution in [3.8, 4) is 0 Å². The monoisotopic (exact) mass is 283 g/mol. The van der Waals surface area contributed by atoms with Crippen LogP contribution in [0.3, 0.4) is 0 Å². The zero-order valence-electron chi connectivity index (χ0n) is 10.6. The van der Waals surface area contributed by atoms with E-state index in [4.69, 9.17) is 10.3 Å². The molecule has 1 aliphatic heterocycles. The first-order valence-electron chi connectivity index (χ1n) is 5.85. The molecule has 0 aliphatic carbocycles. The van der Waals surface area contributed by atoms with Crippen molar-refractivity contribution in [1.29, 1.82) is 0 Å². The molecule has 0 saturated carbocycles. The molecule has 2 heterocycles. The molecule has 108 valence electrons. The van der Waals surface area contributed by atoms with Gasteiger partial charge in [-0.3, -0.25) is 14.3 Å².